The molecule has 5 aromatic carbocycles. The topological polar surface area (TPSA) is 20.3 Å². The van der Waals surface area contributed by atoms with Crippen molar-refractivity contribution in [2.45, 2.75) is 0 Å². The van der Waals surface area contributed by atoms with Crippen LogP contribution >= 0.6 is 11.3 Å². The molecule has 0 spiro atoms. The predicted octanol–water partition coefficient (Wildman–Crippen LogP) is 9.52. The molecule has 0 saturated carbocycles. The van der Waals surface area contributed by atoms with Gasteiger partial charge >= 0.3 is 0 Å². The Balaban J connectivity index is 1.37. The summed E-state index contributed by atoms with van der Waals surface area (Å²) >= 11 is 1.76. The predicted molar refractivity (Wildman–Crippen MR) is 153 cm³/mol. The number of nitrogens with zero attached hydrogens (tertiary/aromatic N) is 1. The molecule has 3 heteroatoms. The fourth-order valence-corrected chi connectivity index (χ4v) is 5.57. The highest BCUT2D eigenvalue weighted by Crippen LogP contribution is 2.40. The van der Waals surface area contributed by atoms with E-state index >= 15 is 0 Å². The number of rotatable bonds is 6. The second kappa shape index (κ2) is 9.65. The van der Waals surface area contributed by atoms with Gasteiger partial charge in [-0.05, 0) is 59.0 Å². The normalized spacial score (nSPS) is 10.9. The van der Waals surface area contributed by atoms with Gasteiger partial charge in [0.1, 0.15) is 6.29 Å². The Bertz CT molecular complexity index is 1630. The van der Waals surface area contributed by atoms with Crippen LogP contribution in [0.4, 0.5) is 17.1 Å². The monoisotopic (exact) mass is 481 g/mol. The quantitative estimate of drug-likeness (QED) is 0.221. The van der Waals surface area contributed by atoms with E-state index in [1.165, 1.54) is 26.1 Å². The molecule has 1 aromatic heterocycles. The summed E-state index contributed by atoms with van der Waals surface area (Å²) in [6, 6.07) is 46.3. The first-order valence-corrected chi connectivity index (χ1v) is 12.7. The smallest absolute Gasteiger partial charge is 0.150 e. The standard InChI is InChI=1S/C33H23NOS/c35-23-24-13-15-26(16-14-24)32-21-22-33(36-32)27-17-19-29(20-18-27)34(28-9-2-1-3-10-28)31-12-6-8-25-7-4-5-11-30(25)31/h1-23H. The number of hydrogen-bond acceptors (Lipinski definition) is 3. The van der Waals surface area contributed by atoms with E-state index in [9.17, 15) is 4.79 Å². The Morgan fingerprint density at radius 2 is 1.11 bits per heavy atom. The number of para-hydroxylation sites is 1. The van der Waals surface area contributed by atoms with Crippen LogP contribution in [0, 0.1) is 0 Å². The Labute approximate surface area is 214 Å². The molecule has 2 nitrogen and oxygen atoms in total. The number of benzene rings is 5. The molecule has 0 unspecified atom stereocenters. The number of aldehydes is 1. The van der Waals surface area contributed by atoms with Crippen molar-refractivity contribution in [2.75, 3.05) is 4.90 Å². The highest BCUT2D eigenvalue weighted by molar-refractivity contribution is 7.18. The third-order valence-electron chi connectivity index (χ3n) is 6.37. The zero-order valence-electron chi connectivity index (χ0n) is 19.5. The molecule has 0 radical (unpaired) electrons. The minimum atomic E-state index is 0.695. The molecule has 0 N–H and O–H groups in total. The summed E-state index contributed by atoms with van der Waals surface area (Å²) in [4.78, 5) is 15.7. The molecular formula is C33H23NOS. The van der Waals surface area contributed by atoms with Gasteiger partial charge in [0.05, 0.1) is 5.69 Å². The van der Waals surface area contributed by atoms with Gasteiger partial charge in [0, 0.05) is 32.1 Å². The average Bonchev–Trinajstić information content (AvgIpc) is 3.45. The zero-order valence-corrected chi connectivity index (χ0v) is 20.4. The highest BCUT2D eigenvalue weighted by Gasteiger charge is 2.15. The SMILES string of the molecule is O=Cc1ccc(-c2ccc(-c3ccc(N(c4ccccc4)c4cccc5ccccc45)cc3)s2)cc1. The van der Waals surface area contributed by atoms with Crippen LogP contribution in [0.5, 0.6) is 0 Å². The molecule has 0 aliphatic carbocycles. The summed E-state index contributed by atoms with van der Waals surface area (Å²) in [6.45, 7) is 0. The Hall–Kier alpha value is -4.47. The molecular weight excluding hydrogens is 458 g/mol. The van der Waals surface area contributed by atoms with Crippen LogP contribution in [-0.4, -0.2) is 6.29 Å². The summed E-state index contributed by atoms with van der Waals surface area (Å²) in [7, 11) is 0. The number of carbonyl (C=O) groups is 1. The van der Waals surface area contributed by atoms with E-state index in [1.54, 1.807) is 11.3 Å². The molecule has 0 fully saturated rings. The zero-order chi connectivity index (χ0) is 24.3. The average molecular weight is 482 g/mol. The van der Waals surface area contributed by atoms with Crippen LogP contribution in [0.15, 0.2) is 133 Å². The lowest BCUT2D eigenvalue weighted by Gasteiger charge is -2.27. The van der Waals surface area contributed by atoms with Crippen LogP contribution in [0.1, 0.15) is 10.4 Å². The van der Waals surface area contributed by atoms with Gasteiger partial charge in [-0.15, -0.1) is 11.3 Å². The molecule has 0 amide bonds. The number of fused-ring (bicyclic) bond motifs is 1. The first-order valence-electron chi connectivity index (χ1n) is 11.9. The van der Waals surface area contributed by atoms with E-state index in [2.05, 4.69) is 114 Å². The first-order chi connectivity index (χ1) is 17.8. The van der Waals surface area contributed by atoms with Gasteiger partial charge < -0.3 is 4.90 Å². The Morgan fingerprint density at radius 1 is 0.528 bits per heavy atom. The maximum absolute atomic E-state index is 11.0. The van der Waals surface area contributed by atoms with Crippen molar-refractivity contribution < 1.29 is 4.79 Å². The molecule has 6 aromatic rings. The lowest BCUT2D eigenvalue weighted by atomic mass is 10.1. The van der Waals surface area contributed by atoms with Crippen LogP contribution in [0.2, 0.25) is 0 Å². The minimum Gasteiger partial charge on any atom is -0.310 e. The molecule has 0 atom stereocenters. The van der Waals surface area contributed by atoms with E-state index in [0.29, 0.717) is 5.56 Å². The molecule has 1 heterocycles. The van der Waals surface area contributed by atoms with Crippen LogP contribution in [0.25, 0.3) is 31.7 Å². The maximum atomic E-state index is 11.0. The minimum absolute atomic E-state index is 0.695. The molecule has 0 aliphatic heterocycles. The fourth-order valence-electron chi connectivity index (χ4n) is 4.56. The fraction of sp³-hybridized carbons (Fsp3) is 0. The summed E-state index contributed by atoms with van der Waals surface area (Å²) in [5.41, 5.74) is 6.40. The van der Waals surface area contributed by atoms with Gasteiger partial charge in [0.15, 0.2) is 0 Å². The lowest BCUT2D eigenvalue weighted by Crippen LogP contribution is -2.10. The second-order valence-corrected chi connectivity index (χ2v) is 9.70. The van der Waals surface area contributed by atoms with E-state index in [-0.39, 0.29) is 0 Å². The largest absolute Gasteiger partial charge is 0.310 e. The molecule has 6 rings (SSSR count). The first kappa shape index (κ1) is 22.0. The van der Waals surface area contributed by atoms with E-state index in [1.807, 2.05) is 24.3 Å². The van der Waals surface area contributed by atoms with Gasteiger partial charge in [0.2, 0.25) is 0 Å². The Morgan fingerprint density at radius 3 is 1.81 bits per heavy atom. The van der Waals surface area contributed by atoms with Crippen molar-refractivity contribution in [3.05, 3.63) is 139 Å². The van der Waals surface area contributed by atoms with Gasteiger partial charge in [-0.25, -0.2) is 0 Å². The van der Waals surface area contributed by atoms with Crippen molar-refractivity contribution in [3.8, 4) is 20.9 Å². The van der Waals surface area contributed by atoms with Gasteiger partial charge in [-0.1, -0.05) is 91.0 Å². The van der Waals surface area contributed by atoms with Crippen molar-refractivity contribution in [2.24, 2.45) is 0 Å². The lowest BCUT2D eigenvalue weighted by molar-refractivity contribution is 0.112. The Kier molecular flexibility index (Phi) is 5.90. The summed E-state index contributed by atoms with van der Waals surface area (Å²) in [5.74, 6) is 0. The number of thiophene rings is 1. The third kappa shape index (κ3) is 4.21. The highest BCUT2D eigenvalue weighted by atomic mass is 32.1. The van der Waals surface area contributed by atoms with Gasteiger partial charge in [0.25, 0.3) is 0 Å². The third-order valence-corrected chi connectivity index (χ3v) is 7.55. The number of carbonyl (C=O) groups excluding carboxylic acids is 1. The maximum Gasteiger partial charge on any atom is 0.150 e. The van der Waals surface area contributed by atoms with E-state index < -0.39 is 0 Å². The summed E-state index contributed by atoms with van der Waals surface area (Å²) < 4.78 is 0. The van der Waals surface area contributed by atoms with E-state index in [4.69, 9.17) is 0 Å². The van der Waals surface area contributed by atoms with Crippen molar-refractivity contribution >= 4 is 45.5 Å². The number of anilines is 3. The van der Waals surface area contributed by atoms with Crippen LogP contribution < -0.4 is 4.90 Å². The van der Waals surface area contributed by atoms with E-state index in [0.717, 1.165) is 28.9 Å². The van der Waals surface area contributed by atoms with Gasteiger partial charge in [-0.3, -0.25) is 4.79 Å². The molecule has 0 saturated heterocycles. The summed E-state index contributed by atoms with van der Waals surface area (Å²) in [6.07, 6.45) is 0.877. The summed E-state index contributed by atoms with van der Waals surface area (Å²) in [5, 5.41) is 2.44. The molecule has 172 valence electrons. The van der Waals surface area contributed by atoms with Crippen molar-refractivity contribution in [1.82, 2.24) is 0 Å². The molecule has 0 aliphatic rings. The molecule has 36 heavy (non-hydrogen) atoms. The number of hydrogen-bond donors (Lipinski definition) is 0. The van der Waals surface area contributed by atoms with Crippen molar-refractivity contribution in [1.29, 1.82) is 0 Å². The molecule has 0 bridgehead atoms. The van der Waals surface area contributed by atoms with Crippen LogP contribution in [0.3, 0.4) is 0 Å². The van der Waals surface area contributed by atoms with Gasteiger partial charge in [-0.2, -0.15) is 0 Å². The van der Waals surface area contributed by atoms with Crippen molar-refractivity contribution in [3.63, 3.8) is 0 Å². The van der Waals surface area contributed by atoms with Crippen LogP contribution in [-0.2, 0) is 0 Å². The second-order valence-electron chi connectivity index (χ2n) is 8.62.